The second-order valence-electron chi connectivity index (χ2n) is 12.6. The van der Waals surface area contributed by atoms with Crippen LogP contribution in [0.5, 0.6) is 0 Å². The number of H-pyrrole nitrogens is 1. The fourth-order valence-electron chi connectivity index (χ4n) is 6.73. The van der Waals surface area contributed by atoms with Gasteiger partial charge in [0.25, 0.3) is 10.0 Å². The lowest BCUT2D eigenvalue weighted by Gasteiger charge is -2.28. The van der Waals surface area contributed by atoms with Crippen molar-refractivity contribution >= 4 is 44.2 Å². The maximum atomic E-state index is 14.4. The number of nitrogen functional groups attached to an aromatic ring is 1. The van der Waals surface area contributed by atoms with E-state index in [1.165, 1.54) is 15.2 Å². The van der Waals surface area contributed by atoms with E-state index in [4.69, 9.17) is 10.7 Å². The number of aromatic amines is 1. The minimum Gasteiger partial charge on any atom is -0.383 e. The Labute approximate surface area is 283 Å². The number of aromatic nitrogens is 5. The van der Waals surface area contributed by atoms with Gasteiger partial charge in [0.1, 0.15) is 23.5 Å². The molecule has 13 heteroatoms. The third kappa shape index (κ3) is 5.40. The standard InChI is InChI=1S/C36H35N9O3S/c1-22-3-9-28(10-4-22)49(47,48)45-32-17-24(26-7-12-34(39-20-26)43-15-13-38-14-16-43)5-6-25(32)18-33(45)35(46)29-21-40-44(36(29)37)27-8-11-30-31(19-27)42-23(2)41-30/h3-12,17,19-21,33,38H,13-16,18,37H2,1-2H3,(H,41,42). The van der Waals surface area contributed by atoms with Crippen LogP contribution in [0.2, 0.25) is 0 Å². The van der Waals surface area contributed by atoms with Gasteiger partial charge >= 0.3 is 0 Å². The predicted octanol–water partition coefficient (Wildman–Crippen LogP) is 4.42. The Morgan fingerprint density at radius 2 is 1.69 bits per heavy atom. The van der Waals surface area contributed by atoms with Crippen LogP contribution in [-0.2, 0) is 16.4 Å². The van der Waals surface area contributed by atoms with Crippen molar-refractivity contribution in [3.63, 3.8) is 0 Å². The van der Waals surface area contributed by atoms with Gasteiger partial charge in [0.15, 0.2) is 5.78 Å². The Morgan fingerprint density at radius 1 is 0.918 bits per heavy atom. The molecule has 0 radical (unpaired) electrons. The molecule has 6 aromatic rings. The topological polar surface area (TPSA) is 155 Å². The van der Waals surface area contributed by atoms with Crippen molar-refractivity contribution in [3.8, 4) is 16.8 Å². The molecule has 0 bridgehead atoms. The Hall–Kier alpha value is -5.53. The Bertz CT molecular complexity index is 2320. The summed E-state index contributed by atoms with van der Waals surface area (Å²) in [5.41, 5.74) is 12.8. The van der Waals surface area contributed by atoms with E-state index >= 15 is 0 Å². The predicted molar refractivity (Wildman–Crippen MR) is 190 cm³/mol. The number of hydrogen-bond acceptors (Lipinski definition) is 9. The van der Waals surface area contributed by atoms with E-state index in [0.29, 0.717) is 11.4 Å². The van der Waals surface area contributed by atoms with Gasteiger partial charge in [0.05, 0.1) is 39.1 Å². The molecule has 2 aliphatic rings. The molecule has 1 fully saturated rings. The number of nitrogens with one attached hydrogen (secondary N) is 2. The maximum absolute atomic E-state index is 14.4. The second-order valence-corrected chi connectivity index (χ2v) is 14.4. The number of fused-ring (bicyclic) bond motifs is 2. The summed E-state index contributed by atoms with van der Waals surface area (Å²) in [5.74, 6) is 1.37. The first-order valence-electron chi connectivity index (χ1n) is 16.2. The van der Waals surface area contributed by atoms with Gasteiger partial charge in [0.2, 0.25) is 0 Å². The van der Waals surface area contributed by atoms with Crippen LogP contribution >= 0.6 is 0 Å². The molecule has 3 aromatic heterocycles. The van der Waals surface area contributed by atoms with Crippen LogP contribution in [0.1, 0.15) is 27.3 Å². The molecule has 2 aliphatic heterocycles. The van der Waals surface area contributed by atoms with E-state index in [1.807, 2.05) is 68.6 Å². The number of carbonyl (C=O) groups is 1. The number of nitrogens with zero attached hydrogens (tertiary/aromatic N) is 6. The minimum absolute atomic E-state index is 0.100. The van der Waals surface area contributed by atoms with Gasteiger partial charge in [0, 0.05) is 44.4 Å². The fourth-order valence-corrected chi connectivity index (χ4v) is 8.37. The van der Waals surface area contributed by atoms with Crippen molar-refractivity contribution < 1.29 is 13.2 Å². The van der Waals surface area contributed by atoms with Gasteiger partial charge in [-0.3, -0.25) is 9.10 Å². The molecule has 0 amide bonds. The molecule has 0 saturated carbocycles. The molecule has 1 atom stereocenters. The van der Waals surface area contributed by atoms with Crippen LogP contribution in [0.4, 0.5) is 17.3 Å². The number of hydrogen-bond donors (Lipinski definition) is 3. The molecule has 49 heavy (non-hydrogen) atoms. The Morgan fingerprint density at radius 3 is 2.45 bits per heavy atom. The third-order valence-corrected chi connectivity index (χ3v) is 11.2. The number of piperazine rings is 1. The summed E-state index contributed by atoms with van der Waals surface area (Å²) in [7, 11) is -4.17. The quantitative estimate of drug-likeness (QED) is 0.209. The van der Waals surface area contributed by atoms with Crippen molar-refractivity contribution in [1.29, 1.82) is 0 Å². The summed E-state index contributed by atoms with van der Waals surface area (Å²) < 4.78 is 31.6. The zero-order chi connectivity index (χ0) is 33.9. The number of ketones is 1. The molecule has 0 aliphatic carbocycles. The number of pyridine rings is 1. The largest absolute Gasteiger partial charge is 0.383 e. The van der Waals surface area contributed by atoms with Crippen LogP contribution in [0.3, 0.4) is 0 Å². The number of imidazole rings is 1. The molecule has 5 heterocycles. The molecule has 4 N–H and O–H groups in total. The fraction of sp³-hybridized carbons (Fsp3) is 0.222. The molecular weight excluding hydrogens is 639 g/mol. The average molecular weight is 674 g/mol. The van der Waals surface area contributed by atoms with E-state index in [9.17, 15) is 13.2 Å². The number of nitrogens with two attached hydrogens (primary N) is 1. The molecule has 0 spiro atoms. The summed E-state index contributed by atoms with van der Waals surface area (Å²) in [6.45, 7) is 7.36. The number of rotatable bonds is 7. The van der Waals surface area contributed by atoms with Gasteiger partial charge < -0.3 is 20.9 Å². The molecule has 12 nitrogen and oxygen atoms in total. The average Bonchev–Trinajstić information content (AvgIpc) is 3.82. The SMILES string of the molecule is Cc1ccc(S(=O)(=O)N2c3cc(-c4ccc(N5CCNCC5)nc4)ccc3CC2C(=O)c2cnn(-c3ccc4nc(C)[nH]c4c3)c2N)cc1. The van der Waals surface area contributed by atoms with Crippen LogP contribution < -0.4 is 20.3 Å². The molecule has 1 saturated heterocycles. The van der Waals surface area contributed by atoms with Crippen molar-refractivity contribution in [1.82, 2.24) is 30.0 Å². The summed E-state index contributed by atoms with van der Waals surface area (Å²) in [5, 5.41) is 7.80. The third-order valence-electron chi connectivity index (χ3n) is 9.32. The van der Waals surface area contributed by atoms with E-state index in [0.717, 1.165) is 71.1 Å². The molecule has 248 valence electrons. The lowest BCUT2D eigenvalue weighted by Crippen LogP contribution is -2.43. The lowest BCUT2D eigenvalue weighted by atomic mass is 10.0. The monoisotopic (exact) mass is 673 g/mol. The smallest absolute Gasteiger partial charge is 0.265 e. The molecule has 3 aromatic carbocycles. The van der Waals surface area contributed by atoms with Gasteiger partial charge in [-0.2, -0.15) is 5.10 Å². The van der Waals surface area contributed by atoms with E-state index in [2.05, 4.69) is 25.3 Å². The molecule has 8 rings (SSSR count). The summed E-state index contributed by atoms with van der Waals surface area (Å²) in [4.78, 5) is 29.1. The number of sulfonamides is 1. The first-order valence-corrected chi connectivity index (χ1v) is 17.6. The van der Waals surface area contributed by atoms with Crippen molar-refractivity contribution in [2.45, 2.75) is 31.2 Å². The van der Waals surface area contributed by atoms with Gasteiger partial charge in [-0.25, -0.2) is 23.1 Å². The zero-order valence-corrected chi connectivity index (χ0v) is 27.9. The Kier molecular flexibility index (Phi) is 7.45. The molecular formula is C36H35N9O3S. The van der Waals surface area contributed by atoms with Gasteiger partial charge in [-0.15, -0.1) is 0 Å². The first kappa shape index (κ1) is 30.8. The van der Waals surface area contributed by atoms with Crippen molar-refractivity contribution in [2.24, 2.45) is 0 Å². The van der Waals surface area contributed by atoms with Crippen LogP contribution in [0, 0.1) is 13.8 Å². The number of benzene rings is 3. The number of aryl methyl sites for hydroxylation is 2. The van der Waals surface area contributed by atoms with Crippen LogP contribution in [0.25, 0.3) is 27.8 Å². The van der Waals surface area contributed by atoms with Crippen LogP contribution in [-0.4, -0.2) is 71.2 Å². The number of Topliss-reactive ketones (excluding diaryl/α,β-unsaturated/α-hetero) is 1. The second kappa shape index (κ2) is 11.9. The van der Waals surface area contributed by atoms with Gasteiger partial charge in [-0.05, 0) is 73.5 Å². The number of carbonyl (C=O) groups excluding carboxylic acids is 1. The number of anilines is 3. The summed E-state index contributed by atoms with van der Waals surface area (Å²) in [6, 6.07) is 20.8. The minimum atomic E-state index is -4.17. The van der Waals surface area contributed by atoms with E-state index < -0.39 is 21.8 Å². The normalized spacial score (nSPS) is 16.3. The summed E-state index contributed by atoms with van der Waals surface area (Å²) >= 11 is 0. The highest BCUT2D eigenvalue weighted by molar-refractivity contribution is 7.93. The van der Waals surface area contributed by atoms with Crippen LogP contribution in [0.15, 0.2) is 90.1 Å². The lowest BCUT2D eigenvalue weighted by molar-refractivity contribution is 0.0966. The zero-order valence-electron chi connectivity index (χ0n) is 27.1. The van der Waals surface area contributed by atoms with Crippen molar-refractivity contribution in [3.05, 3.63) is 108 Å². The maximum Gasteiger partial charge on any atom is 0.265 e. The van der Waals surface area contributed by atoms with E-state index in [1.54, 1.807) is 24.3 Å². The van der Waals surface area contributed by atoms with Gasteiger partial charge in [-0.1, -0.05) is 29.8 Å². The highest BCUT2D eigenvalue weighted by Crippen LogP contribution is 2.41. The Balaban J connectivity index is 1.17. The van der Waals surface area contributed by atoms with E-state index in [-0.39, 0.29) is 22.7 Å². The summed E-state index contributed by atoms with van der Waals surface area (Å²) in [6.07, 6.45) is 3.41. The van der Waals surface area contributed by atoms with Crippen molar-refractivity contribution in [2.75, 3.05) is 41.1 Å². The molecule has 1 unspecified atom stereocenters. The highest BCUT2D eigenvalue weighted by atomic mass is 32.2. The first-order chi connectivity index (χ1) is 23.7. The highest BCUT2D eigenvalue weighted by Gasteiger charge is 2.43.